The Hall–Kier alpha value is -0.160. The van der Waals surface area contributed by atoms with Gasteiger partial charge in [0.25, 0.3) is 0 Å². The van der Waals surface area contributed by atoms with Gasteiger partial charge in [0, 0.05) is 13.7 Å². The molecule has 0 saturated carbocycles. The number of rotatable bonds is 7. The number of hydrogen-bond donors (Lipinski definition) is 3. The summed E-state index contributed by atoms with van der Waals surface area (Å²) in [5, 5.41) is 21.6. The van der Waals surface area contributed by atoms with Crippen LogP contribution in [0.25, 0.3) is 0 Å². The molecule has 0 saturated heterocycles. The van der Waals surface area contributed by atoms with E-state index >= 15 is 0 Å². The Balaban J connectivity index is 3.70. The van der Waals surface area contributed by atoms with Crippen LogP contribution in [0.5, 0.6) is 0 Å². The number of ether oxygens (including phenoxy) is 1. The Morgan fingerprint density at radius 3 is 2.54 bits per heavy atom. The molecule has 0 heterocycles. The molecular formula is C9H21NO3. The molecule has 0 fully saturated rings. The second-order valence-corrected chi connectivity index (χ2v) is 3.57. The maximum atomic E-state index is 9.65. The normalized spacial score (nSPS) is 18.2. The molecule has 13 heavy (non-hydrogen) atoms. The lowest BCUT2D eigenvalue weighted by atomic mass is 10.0. The van der Waals surface area contributed by atoms with E-state index in [4.69, 9.17) is 9.84 Å². The van der Waals surface area contributed by atoms with Gasteiger partial charge in [0.2, 0.25) is 0 Å². The fourth-order valence-electron chi connectivity index (χ4n) is 0.867. The van der Waals surface area contributed by atoms with Gasteiger partial charge in [-0.15, -0.1) is 0 Å². The van der Waals surface area contributed by atoms with Gasteiger partial charge in [-0.1, -0.05) is 6.92 Å². The molecule has 0 aromatic carbocycles. The zero-order valence-corrected chi connectivity index (χ0v) is 8.71. The van der Waals surface area contributed by atoms with E-state index < -0.39 is 5.60 Å². The van der Waals surface area contributed by atoms with E-state index in [0.717, 1.165) is 0 Å². The summed E-state index contributed by atoms with van der Waals surface area (Å²) in [5.74, 6) is 0. The van der Waals surface area contributed by atoms with Gasteiger partial charge < -0.3 is 20.3 Å². The predicted octanol–water partition coefficient (Wildman–Crippen LogP) is -0.256. The number of hydrogen-bond acceptors (Lipinski definition) is 4. The fraction of sp³-hybridized carbons (Fsp3) is 1.00. The third-order valence-corrected chi connectivity index (χ3v) is 2.12. The molecule has 0 radical (unpaired) electrons. The number of aliphatic hydroxyl groups excluding tert-OH is 1. The van der Waals surface area contributed by atoms with Crippen molar-refractivity contribution in [2.45, 2.75) is 31.9 Å². The molecule has 4 nitrogen and oxygen atoms in total. The first-order chi connectivity index (χ1) is 6.05. The Bertz CT molecular complexity index is 128. The molecular weight excluding hydrogens is 170 g/mol. The van der Waals surface area contributed by atoms with Crippen molar-refractivity contribution >= 4 is 0 Å². The van der Waals surface area contributed by atoms with Gasteiger partial charge in [0.15, 0.2) is 0 Å². The van der Waals surface area contributed by atoms with Gasteiger partial charge in [0.1, 0.15) is 0 Å². The van der Waals surface area contributed by atoms with Crippen LogP contribution in [0, 0.1) is 0 Å². The molecule has 80 valence electrons. The molecule has 0 spiro atoms. The van der Waals surface area contributed by atoms with Crippen molar-refractivity contribution in [3.63, 3.8) is 0 Å². The Labute approximate surface area is 79.9 Å². The minimum absolute atomic E-state index is 0.0215. The summed E-state index contributed by atoms with van der Waals surface area (Å²) in [6.07, 6.45) is 0.686. The molecule has 0 aromatic heterocycles. The summed E-state index contributed by atoms with van der Waals surface area (Å²) >= 11 is 0. The summed E-state index contributed by atoms with van der Waals surface area (Å²) in [6, 6.07) is -0.0944. The average Bonchev–Trinajstić information content (AvgIpc) is 2.12. The van der Waals surface area contributed by atoms with Crippen LogP contribution in [-0.2, 0) is 4.74 Å². The minimum Gasteiger partial charge on any atom is -0.395 e. The lowest BCUT2D eigenvalue weighted by Gasteiger charge is -2.25. The second-order valence-electron chi connectivity index (χ2n) is 3.57. The van der Waals surface area contributed by atoms with Crippen molar-refractivity contribution in [1.82, 2.24) is 5.32 Å². The first kappa shape index (κ1) is 12.8. The van der Waals surface area contributed by atoms with E-state index in [9.17, 15) is 5.11 Å². The van der Waals surface area contributed by atoms with Crippen molar-refractivity contribution < 1.29 is 14.9 Å². The zero-order chi connectivity index (χ0) is 10.3. The highest BCUT2D eigenvalue weighted by molar-refractivity contribution is 4.76. The van der Waals surface area contributed by atoms with Gasteiger partial charge in [-0.05, 0) is 13.3 Å². The van der Waals surface area contributed by atoms with Crippen molar-refractivity contribution in [3.05, 3.63) is 0 Å². The first-order valence-corrected chi connectivity index (χ1v) is 4.61. The Morgan fingerprint density at radius 2 is 2.15 bits per heavy atom. The molecule has 0 aliphatic carbocycles. The third kappa shape index (κ3) is 5.99. The van der Waals surface area contributed by atoms with Crippen LogP contribution in [0.15, 0.2) is 0 Å². The molecule has 0 amide bonds. The number of methoxy groups -OCH3 is 1. The topological polar surface area (TPSA) is 61.7 Å². The van der Waals surface area contributed by atoms with Crippen LogP contribution in [0.4, 0.5) is 0 Å². The monoisotopic (exact) mass is 191 g/mol. The fourth-order valence-corrected chi connectivity index (χ4v) is 0.867. The third-order valence-electron chi connectivity index (χ3n) is 2.12. The van der Waals surface area contributed by atoms with Crippen molar-refractivity contribution in [1.29, 1.82) is 0 Å². The lowest BCUT2D eigenvalue weighted by molar-refractivity contribution is 0.0430. The quantitative estimate of drug-likeness (QED) is 0.519. The van der Waals surface area contributed by atoms with E-state index in [0.29, 0.717) is 19.6 Å². The highest BCUT2D eigenvalue weighted by atomic mass is 16.5. The van der Waals surface area contributed by atoms with E-state index in [-0.39, 0.29) is 12.6 Å². The highest BCUT2D eigenvalue weighted by Gasteiger charge is 2.18. The van der Waals surface area contributed by atoms with Gasteiger partial charge in [-0.25, -0.2) is 0 Å². The van der Waals surface area contributed by atoms with Crippen LogP contribution in [0.3, 0.4) is 0 Å². The summed E-state index contributed by atoms with van der Waals surface area (Å²) in [7, 11) is 1.59. The largest absolute Gasteiger partial charge is 0.395 e. The standard InChI is InChI=1S/C9H21NO3/c1-4-9(2,12)7-10-8(5-11)6-13-3/h8,10-12H,4-7H2,1-3H3. The molecule has 0 bridgehead atoms. The molecule has 3 N–H and O–H groups in total. The Morgan fingerprint density at radius 1 is 1.54 bits per heavy atom. The summed E-state index contributed by atoms with van der Waals surface area (Å²) < 4.78 is 4.89. The van der Waals surface area contributed by atoms with Gasteiger partial charge in [0.05, 0.1) is 24.9 Å². The van der Waals surface area contributed by atoms with Crippen LogP contribution >= 0.6 is 0 Å². The predicted molar refractivity (Wildman–Crippen MR) is 51.7 cm³/mol. The van der Waals surface area contributed by atoms with Crippen LogP contribution in [0.1, 0.15) is 20.3 Å². The molecule has 0 aliphatic heterocycles. The van der Waals surface area contributed by atoms with E-state index in [2.05, 4.69) is 5.32 Å². The molecule has 2 atom stereocenters. The molecule has 0 aliphatic rings. The van der Waals surface area contributed by atoms with Crippen molar-refractivity contribution in [2.24, 2.45) is 0 Å². The first-order valence-electron chi connectivity index (χ1n) is 4.61. The molecule has 2 unspecified atom stereocenters. The summed E-state index contributed by atoms with van der Waals surface area (Å²) in [6.45, 7) is 4.63. The highest BCUT2D eigenvalue weighted by Crippen LogP contribution is 2.06. The van der Waals surface area contributed by atoms with Crippen molar-refractivity contribution in [2.75, 3.05) is 26.9 Å². The zero-order valence-electron chi connectivity index (χ0n) is 8.71. The molecule has 0 rings (SSSR count). The number of aliphatic hydroxyl groups is 2. The summed E-state index contributed by atoms with van der Waals surface area (Å²) in [5.41, 5.74) is -0.707. The maximum Gasteiger partial charge on any atom is 0.0741 e. The smallest absolute Gasteiger partial charge is 0.0741 e. The molecule has 4 heteroatoms. The van der Waals surface area contributed by atoms with Crippen LogP contribution in [0.2, 0.25) is 0 Å². The second kappa shape index (κ2) is 6.32. The van der Waals surface area contributed by atoms with Crippen LogP contribution in [-0.4, -0.2) is 48.7 Å². The minimum atomic E-state index is -0.707. The van der Waals surface area contributed by atoms with Crippen molar-refractivity contribution in [3.8, 4) is 0 Å². The SMILES string of the molecule is CCC(C)(O)CNC(CO)COC. The maximum absolute atomic E-state index is 9.65. The van der Waals surface area contributed by atoms with Crippen LogP contribution < -0.4 is 5.32 Å². The lowest BCUT2D eigenvalue weighted by Crippen LogP contribution is -2.45. The molecule has 0 aromatic rings. The van der Waals surface area contributed by atoms with E-state index in [1.54, 1.807) is 14.0 Å². The van der Waals surface area contributed by atoms with Gasteiger partial charge in [-0.3, -0.25) is 0 Å². The summed E-state index contributed by atoms with van der Waals surface area (Å²) in [4.78, 5) is 0. The van der Waals surface area contributed by atoms with Gasteiger partial charge >= 0.3 is 0 Å². The van der Waals surface area contributed by atoms with E-state index in [1.165, 1.54) is 0 Å². The Kier molecular flexibility index (Phi) is 6.24. The van der Waals surface area contributed by atoms with E-state index in [1.807, 2.05) is 6.92 Å². The average molecular weight is 191 g/mol. The van der Waals surface area contributed by atoms with Gasteiger partial charge in [-0.2, -0.15) is 0 Å². The number of nitrogens with one attached hydrogen (secondary N) is 1.